The molecule has 0 aliphatic heterocycles. The van der Waals surface area contributed by atoms with Gasteiger partial charge in [-0.15, -0.1) is 0 Å². The van der Waals surface area contributed by atoms with Crippen LogP contribution in [0.25, 0.3) is 10.8 Å². The monoisotopic (exact) mass is 352 g/mol. The summed E-state index contributed by atoms with van der Waals surface area (Å²) in [6, 6.07) is 0. The zero-order chi connectivity index (χ0) is 18.0. The first-order valence-corrected chi connectivity index (χ1v) is 7.28. The topological polar surface area (TPSA) is 18.5 Å². The normalized spacial score (nSPS) is 11.2. The molecular weight excluding hydrogens is 338 g/mol. The van der Waals surface area contributed by atoms with Crippen LogP contribution in [-0.4, -0.2) is 13.2 Å². The molecule has 2 aromatic rings. The molecule has 0 radical (unpaired) electrons. The average Bonchev–Trinajstić information content (AvgIpc) is 2.56. The number of fused-ring (bicyclic) bond motifs is 1. The van der Waals surface area contributed by atoms with Gasteiger partial charge in [0.2, 0.25) is 11.6 Å². The third kappa shape index (κ3) is 2.85. The molecule has 0 spiro atoms. The van der Waals surface area contributed by atoms with Crippen molar-refractivity contribution in [1.29, 1.82) is 0 Å². The van der Waals surface area contributed by atoms with Gasteiger partial charge in [-0.25, -0.2) is 17.6 Å². The van der Waals surface area contributed by atoms with Crippen LogP contribution in [0, 0.1) is 34.9 Å². The zero-order valence-corrected chi connectivity index (χ0v) is 12.9. The molecule has 8 heteroatoms. The molecule has 0 saturated carbocycles. The number of ether oxygens (including phenoxy) is 2. The van der Waals surface area contributed by atoms with Crippen molar-refractivity contribution in [2.24, 2.45) is 0 Å². The van der Waals surface area contributed by atoms with Gasteiger partial charge in [0.15, 0.2) is 34.8 Å². The predicted molar refractivity (Wildman–Crippen MR) is 75.3 cm³/mol. The minimum Gasteiger partial charge on any atom is -0.488 e. The standard InChI is InChI=1S/C16H14F6O2/c1-3-5-23-15-11(19)8-7(9(17)13(15)21)10(18)14(22)16(12(8)20)24-6-4-2/h3-6H2,1-2H3. The van der Waals surface area contributed by atoms with E-state index in [1.54, 1.807) is 13.8 Å². The van der Waals surface area contributed by atoms with E-state index >= 15 is 0 Å². The third-order valence-corrected chi connectivity index (χ3v) is 3.21. The van der Waals surface area contributed by atoms with Gasteiger partial charge in [0.25, 0.3) is 0 Å². The fraction of sp³-hybridized carbons (Fsp3) is 0.375. The molecule has 0 bridgehead atoms. The van der Waals surface area contributed by atoms with E-state index in [0.29, 0.717) is 12.8 Å². The number of rotatable bonds is 6. The molecule has 2 nitrogen and oxygen atoms in total. The summed E-state index contributed by atoms with van der Waals surface area (Å²) in [5.41, 5.74) is 0. The summed E-state index contributed by atoms with van der Waals surface area (Å²) in [6.45, 7) is 2.89. The highest BCUT2D eigenvalue weighted by Gasteiger charge is 2.31. The van der Waals surface area contributed by atoms with Crippen LogP contribution in [0.1, 0.15) is 26.7 Å². The molecule has 0 unspecified atom stereocenters. The van der Waals surface area contributed by atoms with Gasteiger partial charge >= 0.3 is 0 Å². The van der Waals surface area contributed by atoms with Crippen LogP contribution < -0.4 is 9.47 Å². The Labute approximate surface area is 134 Å². The lowest BCUT2D eigenvalue weighted by Crippen LogP contribution is -2.09. The van der Waals surface area contributed by atoms with Crippen LogP contribution in [0.2, 0.25) is 0 Å². The molecule has 0 aliphatic rings. The summed E-state index contributed by atoms with van der Waals surface area (Å²) >= 11 is 0. The third-order valence-electron chi connectivity index (χ3n) is 3.21. The lowest BCUT2D eigenvalue weighted by Gasteiger charge is -2.15. The zero-order valence-electron chi connectivity index (χ0n) is 12.9. The maximum atomic E-state index is 14.4. The molecule has 24 heavy (non-hydrogen) atoms. The van der Waals surface area contributed by atoms with Gasteiger partial charge < -0.3 is 9.47 Å². The first-order chi connectivity index (χ1) is 11.4. The summed E-state index contributed by atoms with van der Waals surface area (Å²) in [5.74, 6) is -13.3. The number of benzene rings is 2. The molecule has 0 amide bonds. The van der Waals surface area contributed by atoms with E-state index in [0.717, 1.165) is 0 Å². The molecule has 0 saturated heterocycles. The van der Waals surface area contributed by atoms with Crippen molar-refractivity contribution in [3.05, 3.63) is 34.9 Å². The summed E-state index contributed by atoms with van der Waals surface area (Å²) in [6.07, 6.45) is 0.674. The van der Waals surface area contributed by atoms with Crippen LogP contribution in [0.15, 0.2) is 0 Å². The van der Waals surface area contributed by atoms with Crippen molar-refractivity contribution in [1.82, 2.24) is 0 Å². The van der Waals surface area contributed by atoms with Gasteiger partial charge in [-0.1, -0.05) is 13.8 Å². The maximum absolute atomic E-state index is 14.4. The highest BCUT2D eigenvalue weighted by molar-refractivity contribution is 5.88. The molecule has 0 fully saturated rings. The van der Waals surface area contributed by atoms with E-state index in [4.69, 9.17) is 9.47 Å². The Morgan fingerprint density at radius 2 is 0.875 bits per heavy atom. The summed E-state index contributed by atoms with van der Waals surface area (Å²) in [4.78, 5) is 0. The molecule has 0 aliphatic carbocycles. The Kier molecular flexibility index (Phi) is 5.46. The molecule has 0 atom stereocenters. The van der Waals surface area contributed by atoms with Gasteiger partial charge in [0.1, 0.15) is 0 Å². The molecule has 0 aromatic heterocycles. The summed E-state index contributed by atoms with van der Waals surface area (Å²) in [5, 5.41) is -2.72. The van der Waals surface area contributed by atoms with E-state index in [-0.39, 0.29) is 13.2 Å². The number of hydrogen-bond donors (Lipinski definition) is 0. The average molecular weight is 352 g/mol. The fourth-order valence-electron chi connectivity index (χ4n) is 2.13. The van der Waals surface area contributed by atoms with Crippen molar-refractivity contribution in [2.75, 3.05) is 13.2 Å². The van der Waals surface area contributed by atoms with Gasteiger partial charge in [-0.2, -0.15) is 8.78 Å². The SMILES string of the molecule is CCCOc1c(F)c(F)c2c(F)c(F)c(OCCC)c(F)c2c1F. The van der Waals surface area contributed by atoms with Crippen LogP contribution in [0.4, 0.5) is 26.3 Å². The van der Waals surface area contributed by atoms with Crippen molar-refractivity contribution in [3.63, 3.8) is 0 Å². The van der Waals surface area contributed by atoms with Gasteiger partial charge in [0, 0.05) is 0 Å². The van der Waals surface area contributed by atoms with E-state index < -0.39 is 57.2 Å². The minimum absolute atomic E-state index is 0.177. The predicted octanol–water partition coefficient (Wildman–Crippen LogP) is 5.25. The second kappa shape index (κ2) is 7.19. The molecule has 0 heterocycles. The van der Waals surface area contributed by atoms with Crippen molar-refractivity contribution < 1.29 is 35.8 Å². The Bertz CT molecular complexity index is 715. The highest BCUT2D eigenvalue weighted by Crippen LogP contribution is 2.40. The van der Waals surface area contributed by atoms with Crippen LogP contribution in [-0.2, 0) is 0 Å². The van der Waals surface area contributed by atoms with E-state index in [9.17, 15) is 26.3 Å². The quantitative estimate of drug-likeness (QED) is 0.522. The largest absolute Gasteiger partial charge is 0.488 e. The van der Waals surface area contributed by atoms with E-state index in [2.05, 4.69) is 0 Å². The number of halogens is 6. The smallest absolute Gasteiger partial charge is 0.204 e. The Hall–Kier alpha value is -2.12. The van der Waals surface area contributed by atoms with Gasteiger partial charge in [0.05, 0.1) is 24.0 Å². The second-order valence-electron chi connectivity index (χ2n) is 4.99. The van der Waals surface area contributed by atoms with Gasteiger partial charge in [-0.3, -0.25) is 0 Å². The lowest BCUT2D eigenvalue weighted by molar-refractivity contribution is 0.274. The maximum Gasteiger partial charge on any atom is 0.204 e. The van der Waals surface area contributed by atoms with Crippen LogP contribution in [0.3, 0.4) is 0 Å². The molecular formula is C16H14F6O2. The fourth-order valence-corrected chi connectivity index (χ4v) is 2.13. The highest BCUT2D eigenvalue weighted by atomic mass is 19.2. The Balaban J connectivity index is 2.86. The van der Waals surface area contributed by atoms with Crippen LogP contribution in [0.5, 0.6) is 11.5 Å². The lowest BCUT2D eigenvalue weighted by atomic mass is 10.1. The Morgan fingerprint density at radius 3 is 1.21 bits per heavy atom. The van der Waals surface area contributed by atoms with Gasteiger partial charge in [-0.05, 0) is 12.8 Å². The summed E-state index contributed by atoms with van der Waals surface area (Å²) in [7, 11) is 0. The molecule has 2 rings (SSSR count). The van der Waals surface area contributed by atoms with E-state index in [1.165, 1.54) is 0 Å². The van der Waals surface area contributed by atoms with Crippen molar-refractivity contribution in [2.45, 2.75) is 26.7 Å². The number of hydrogen-bond acceptors (Lipinski definition) is 2. The first kappa shape index (κ1) is 18.2. The van der Waals surface area contributed by atoms with Crippen LogP contribution >= 0.6 is 0 Å². The minimum atomic E-state index is -1.94. The first-order valence-electron chi connectivity index (χ1n) is 7.28. The molecule has 132 valence electrons. The Morgan fingerprint density at radius 1 is 0.542 bits per heavy atom. The van der Waals surface area contributed by atoms with Crippen molar-refractivity contribution in [3.8, 4) is 11.5 Å². The van der Waals surface area contributed by atoms with E-state index in [1.807, 2.05) is 0 Å². The van der Waals surface area contributed by atoms with Crippen molar-refractivity contribution >= 4 is 10.8 Å². The molecule has 2 aromatic carbocycles. The summed E-state index contributed by atoms with van der Waals surface area (Å²) < 4.78 is 94.1. The second-order valence-corrected chi connectivity index (χ2v) is 4.99. The molecule has 0 N–H and O–H groups in total.